The fraction of sp³-hybridized carbons (Fsp3) is 0.400. The summed E-state index contributed by atoms with van der Waals surface area (Å²) in [5.41, 5.74) is 3.34. The van der Waals surface area contributed by atoms with Crippen LogP contribution in [0.3, 0.4) is 0 Å². The van der Waals surface area contributed by atoms with Crippen LogP contribution in [-0.2, 0) is 14.4 Å². The van der Waals surface area contributed by atoms with E-state index in [9.17, 15) is 19.2 Å². The zero-order valence-corrected chi connectivity index (χ0v) is 30.5. The first-order valence-electron chi connectivity index (χ1n) is 17.7. The van der Waals surface area contributed by atoms with E-state index >= 15 is 0 Å². The van der Waals surface area contributed by atoms with Crippen LogP contribution in [0.2, 0.25) is 0 Å². The molecule has 6 rings (SSSR count). The van der Waals surface area contributed by atoms with Gasteiger partial charge >= 0.3 is 0 Å². The van der Waals surface area contributed by atoms with Crippen molar-refractivity contribution in [3.8, 4) is 0 Å². The number of nitrogens with zero attached hydrogens (tertiary/aromatic N) is 3. The van der Waals surface area contributed by atoms with E-state index in [2.05, 4.69) is 20.9 Å². The van der Waals surface area contributed by atoms with Crippen molar-refractivity contribution < 1.29 is 19.2 Å². The second kappa shape index (κ2) is 15.6. The third kappa shape index (κ3) is 8.58. The van der Waals surface area contributed by atoms with Gasteiger partial charge in [-0.2, -0.15) is 0 Å². The first-order chi connectivity index (χ1) is 24.5. The van der Waals surface area contributed by atoms with Crippen LogP contribution < -0.4 is 16.0 Å². The summed E-state index contributed by atoms with van der Waals surface area (Å²) >= 11 is 1.46. The highest BCUT2D eigenvalue weighted by molar-refractivity contribution is 7.99. The number of amides is 4. The largest absolute Gasteiger partial charge is 0.355 e. The molecular weight excluding hydrogens is 661 g/mol. The normalized spacial score (nSPS) is 21.6. The summed E-state index contributed by atoms with van der Waals surface area (Å²) < 4.78 is 0. The van der Waals surface area contributed by atoms with Gasteiger partial charge in [-0.15, -0.1) is 0 Å². The first-order valence-corrected chi connectivity index (χ1v) is 18.6. The highest BCUT2D eigenvalue weighted by Crippen LogP contribution is 2.39. The third-order valence-electron chi connectivity index (χ3n) is 9.56. The Morgan fingerprint density at radius 2 is 1.67 bits per heavy atom. The van der Waals surface area contributed by atoms with Crippen molar-refractivity contribution in [1.29, 1.82) is 0 Å². The fourth-order valence-electron chi connectivity index (χ4n) is 7.04. The number of carbonyl (C=O) groups is 4. The number of fused-ring (bicyclic) bond motifs is 1. The number of allylic oxidation sites excluding steroid dienone is 1. The Balaban J connectivity index is 1.20. The molecule has 1 aliphatic carbocycles. The summed E-state index contributed by atoms with van der Waals surface area (Å²) in [5, 5.41) is 9.00. The van der Waals surface area contributed by atoms with Gasteiger partial charge in [-0.25, -0.2) is 0 Å². The maximum absolute atomic E-state index is 14.4. The molecule has 2 aromatic carbocycles. The van der Waals surface area contributed by atoms with Crippen molar-refractivity contribution >= 4 is 47.2 Å². The van der Waals surface area contributed by atoms with E-state index in [1.807, 2.05) is 87.5 Å². The van der Waals surface area contributed by atoms with E-state index in [1.54, 1.807) is 24.2 Å². The summed E-state index contributed by atoms with van der Waals surface area (Å²) in [5.74, 6) is -0.496. The van der Waals surface area contributed by atoms with Gasteiger partial charge in [0.1, 0.15) is 6.04 Å². The Morgan fingerprint density at radius 3 is 2.39 bits per heavy atom. The van der Waals surface area contributed by atoms with Gasteiger partial charge in [-0.3, -0.25) is 29.2 Å². The van der Waals surface area contributed by atoms with Gasteiger partial charge in [-0.1, -0.05) is 36.0 Å². The molecule has 3 heterocycles. The summed E-state index contributed by atoms with van der Waals surface area (Å²) in [7, 11) is 1.61. The molecule has 10 nitrogen and oxygen atoms in total. The second-order valence-electron chi connectivity index (χ2n) is 14.4. The maximum atomic E-state index is 14.4. The van der Waals surface area contributed by atoms with Crippen LogP contribution in [-0.4, -0.2) is 70.4 Å². The molecule has 4 amide bonds. The molecule has 1 saturated heterocycles. The van der Waals surface area contributed by atoms with E-state index in [4.69, 9.17) is 4.99 Å². The predicted molar refractivity (Wildman–Crippen MR) is 199 cm³/mol. The van der Waals surface area contributed by atoms with Crippen molar-refractivity contribution in [2.75, 3.05) is 13.6 Å². The Bertz CT molecular complexity index is 1840. The Hall–Kier alpha value is -4.77. The lowest BCUT2D eigenvalue weighted by molar-refractivity contribution is -0.139. The van der Waals surface area contributed by atoms with Crippen LogP contribution in [0.15, 0.2) is 87.7 Å². The molecular formula is C40H46N6O4S. The molecule has 0 spiro atoms. The van der Waals surface area contributed by atoms with Crippen molar-refractivity contribution in [3.63, 3.8) is 0 Å². The number of hydrogen-bond donors (Lipinski definition) is 3. The van der Waals surface area contributed by atoms with E-state index < -0.39 is 12.1 Å². The molecule has 2 aliphatic heterocycles. The van der Waals surface area contributed by atoms with Crippen molar-refractivity contribution in [2.45, 2.75) is 92.8 Å². The molecule has 2 atom stereocenters. The van der Waals surface area contributed by atoms with Gasteiger partial charge in [0, 0.05) is 52.6 Å². The Labute approximate surface area is 304 Å². The molecule has 3 aliphatic rings. The predicted octanol–water partition coefficient (Wildman–Crippen LogP) is 5.73. The number of nitrogens with one attached hydrogen (secondary N) is 3. The SMILES string of the molecule is CNC(=O)c1ccccc1Sc1ccc2c(c1)C(C(=O)N1CCC[C@H]1C(=O)NC1CCC(C(=O)NC(C)(C)C)CC1)N=C2/C=C/c1ccccn1. The highest BCUT2D eigenvalue weighted by Gasteiger charge is 2.41. The van der Waals surface area contributed by atoms with Crippen LogP contribution in [0.25, 0.3) is 6.08 Å². The van der Waals surface area contributed by atoms with Crippen LogP contribution >= 0.6 is 11.8 Å². The molecule has 0 bridgehead atoms. The first kappa shape index (κ1) is 36.0. The average Bonchev–Trinajstić information content (AvgIpc) is 3.76. The number of pyridine rings is 1. The molecule has 0 radical (unpaired) electrons. The van der Waals surface area contributed by atoms with Crippen LogP contribution in [0, 0.1) is 5.92 Å². The Morgan fingerprint density at radius 1 is 0.902 bits per heavy atom. The van der Waals surface area contributed by atoms with Gasteiger partial charge in [0.25, 0.3) is 11.8 Å². The smallest absolute Gasteiger partial charge is 0.252 e. The monoisotopic (exact) mass is 706 g/mol. The van der Waals surface area contributed by atoms with Crippen molar-refractivity contribution in [3.05, 3.63) is 95.3 Å². The summed E-state index contributed by atoms with van der Waals surface area (Å²) in [6.45, 7) is 6.42. The molecule has 3 aromatic rings. The van der Waals surface area contributed by atoms with Gasteiger partial charge in [-0.05, 0) is 113 Å². The van der Waals surface area contributed by atoms with Crippen molar-refractivity contribution in [2.24, 2.45) is 10.9 Å². The lowest BCUT2D eigenvalue weighted by Gasteiger charge is -2.32. The molecule has 2 fully saturated rings. The minimum absolute atomic E-state index is 0.0282. The Kier molecular flexibility index (Phi) is 11.0. The highest BCUT2D eigenvalue weighted by atomic mass is 32.2. The summed E-state index contributed by atoms with van der Waals surface area (Å²) in [6.07, 6.45) is 9.69. The number of carbonyl (C=O) groups excluding carboxylic acids is 4. The molecule has 1 saturated carbocycles. The standard InChI is InChI=1S/C40H46N6O4S/c1-40(2,3)45-36(47)25-14-16-27(17-15-25)43-38(49)33-12-9-23-46(33)39(50)35-31-24-28(51-34-13-6-5-11-30(34)37(48)41-4)19-20-29(31)32(44-35)21-18-26-10-7-8-22-42-26/h5-8,10-11,13,18-22,24-25,27,33,35H,9,12,14-17,23H2,1-4H3,(H,41,48)(H,43,49)(H,45,47)/b21-18+/t25?,27?,33-,35?/m0/s1. The van der Waals surface area contributed by atoms with Gasteiger partial charge in [0.15, 0.2) is 6.04 Å². The lowest BCUT2D eigenvalue weighted by Crippen LogP contribution is -2.51. The average molecular weight is 707 g/mol. The topological polar surface area (TPSA) is 133 Å². The molecule has 266 valence electrons. The number of rotatable bonds is 9. The number of likely N-dealkylation sites (tertiary alicyclic amines) is 1. The minimum Gasteiger partial charge on any atom is -0.355 e. The molecule has 51 heavy (non-hydrogen) atoms. The summed E-state index contributed by atoms with van der Waals surface area (Å²) in [6, 6.07) is 17.6. The molecule has 1 aromatic heterocycles. The minimum atomic E-state index is -0.816. The van der Waals surface area contributed by atoms with E-state index in [1.165, 1.54) is 11.8 Å². The zero-order chi connectivity index (χ0) is 36.1. The van der Waals surface area contributed by atoms with E-state index in [0.717, 1.165) is 58.7 Å². The van der Waals surface area contributed by atoms with E-state index in [-0.39, 0.29) is 41.1 Å². The zero-order valence-electron chi connectivity index (χ0n) is 29.6. The summed E-state index contributed by atoms with van der Waals surface area (Å²) in [4.78, 5) is 66.1. The van der Waals surface area contributed by atoms with Gasteiger partial charge < -0.3 is 20.9 Å². The number of aliphatic imine (C=N–C) groups is 1. The van der Waals surface area contributed by atoms with Crippen LogP contribution in [0.5, 0.6) is 0 Å². The fourth-order valence-corrected chi connectivity index (χ4v) is 8.03. The third-order valence-corrected chi connectivity index (χ3v) is 10.6. The van der Waals surface area contributed by atoms with E-state index in [0.29, 0.717) is 24.2 Å². The second-order valence-corrected chi connectivity index (χ2v) is 15.5. The quantitative estimate of drug-likeness (QED) is 0.261. The van der Waals surface area contributed by atoms with Gasteiger partial charge in [0.2, 0.25) is 11.8 Å². The molecule has 11 heteroatoms. The van der Waals surface area contributed by atoms with Gasteiger partial charge in [0.05, 0.1) is 17.0 Å². The van der Waals surface area contributed by atoms with Crippen molar-refractivity contribution in [1.82, 2.24) is 25.8 Å². The molecule has 3 N–H and O–H groups in total. The number of aromatic nitrogens is 1. The van der Waals surface area contributed by atoms with Crippen LogP contribution in [0.1, 0.15) is 92.5 Å². The molecule has 1 unspecified atom stereocenters. The number of hydrogen-bond acceptors (Lipinski definition) is 7. The lowest BCUT2D eigenvalue weighted by atomic mass is 9.85. The maximum Gasteiger partial charge on any atom is 0.252 e. The van der Waals surface area contributed by atoms with Crippen LogP contribution in [0.4, 0.5) is 0 Å². The number of benzene rings is 2.